The minimum absolute atomic E-state index is 0.0432. The van der Waals surface area contributed by atoms with Crippen LogP contribution in [0.5, 0.6) is 5.75 Å². The number of rotatable bonds is 9. The van der Waals surface area contributed by atoms with E-state index in [-0.39, 0.29) is 6.04 Å². The predicted octanol–water partition coefficient (Wildman–Crippen LogP) is 1.84. The Bertz CT molecular complexity index is 393. The highest BCUT2D eigenvalue weighted by Gasteiger charge is 2.19. The highest BCUT2D eigenvalue weighted by atomic mass is 32.2. The van der Waals surface area contributed by atoms with Crippen molar-refractivity contribution in [2.45, 2.75) is 26.4 Å². The van der Waals surface area contributed by atoms with Gasteiger partial charge in [0.1, 0.15) is 0 Å². The number of ether oxygens (including phenoxy) is 1. The Morgan fingerprint density at radius 3 is 2.65 bits per heavy atom. The third kappa shape index (κ3) is 5.34. The second-order valence-corrected chi connectivity index (χ2v) is 6.74. The van der Waals surface area contributed by atoms with E-state index in [1.54, 1.807) is 13.3 Å². The first-order valence-corrected chi connectivity index (χ1v) is 8.18. The van der Waals surface area contributed by atoms with Crippen molar-refractivity contribution in [2.24, 2.45) is 11.7 Å². The quantitative estimate of drug-likeness (QED) is 0.754. The summed E-state index contributed by atoms with van der Waals surface area (Å²) in [7, 11) is 5.78. The second-order valence-electron chi connectivity index (χ2n) is 5.66. The maximum Gasteiger partial charge on any atom is 0.161 e. The molecule has 0 saturated carbocycles. The van der Waals surface area contributed by atoms with Gasteiger partial charge in [0.25, 0.3) is 0 Å². The van der Waals surface area contributed by atoms with Gasteiger partial charge >= 0.3 is 0 Å². The van der Waals surface area contributed by atoms with Crippen LogP contribution in [0, 0.1) is 5.92 Å². The van der Waals surface area contributed by atoms with Crippen molar-refractivity contribution in [1.29, 1.82) is 0 Å². The van der Waals surface area contributed by atoms with Crippen molar-refractivity contribution >= 4 is 11.8 Å². The van der Waals surface area contributed by atoms with Crippen molar-refractivity contribution in [1.82, 2.24) is 14.7 Å². The normalized spacial score (nSPS) is 13.2. The highest BCUT2D eigenvalue weighted by Crippen LogP contribution is 2.26. The fraction of sp³-hybridized carbons (Fsp3) is 0.786. The molecule has 116 valence electrons. The van der Waals surface area contributed by atoms with E-state index in [2.05, 4.69) is 37.9 Å². The number of hydrogen-bond acceptors (Lipinski definition) is 5. The van der Waals surface area contributed by atoms with Crippen molar-refractivity contribution in [2.75, 3.05) is 39.3 Å². The summed E-state index contributed by atoms with van der Waals surface area (Å²) in [6.45, 7) is 6.21. The lowest BCUT2D eigenvalue weighted by molar-refractivity contribution is 0.362. The molecule has 0 radical (unpaired) electrons. The van der Waals surface area contributed by atoms with Crippen molar-refractivity contribution in [3.05, 3.63) is 11.9 Å². The van der Waals surface area contributed by atoms with E-state index in [9.17, 15) is 0 Å². The van der Waals surface area contributed by atoms with Gasteiger partial charge in [-0.2, -0.15) is 16.9 Å². The summed E-state index contributed by atoms with van der Waals surface area (Å²) in [4.78, 5) is 2.14. The molecule has 0 aromatic carbocycles. The largest absolute Gasteiger partial charge is 0.493 e. The molecule has 1 unspecified atom stereocenters. The first kappa shape index (κ1) is 17.3. The van der Waals surface area contributed by atoms with Gasteiger partial charge in [0, 0.05) is 12.3 Å². The lowest BCUT2D eigenvalue weighted by Crippen LogP contribution is -2.24. The van der Waals surface area contributed by atoms with Crippen LogP contribution < -0.4 is 10.5 Å². The Labute approximate surface area is 126 Å². The minimum Gasteiger partial charge on any atom is -0.493 e. The Morgan fingerprint density at radius 2 is 2.10 bits per heavy atom. The minimum atomic E-state index is -0.0432. The zero-order chi connectivity index (χ0) is 15.1. The molecule has 1 aromatic heterocycles. The monoisotopic (exact) mass is 300 g/mol. The topological polar surface area (TPSA) is 56.3 Å². The van der Waals surface area contributed by atoms with Crippen LogP contribution in [0.3, 0.4) is 0 Å². The van der Waals surface area contributed by atoms with E-state index in [1.807, 2.05) is 16.4 Å². The Hall–Kier alpha value is -0.720. The first-order valence-electron chi connectivity index (χ1n) is 7.03. The summed E-state index contributed by atoms with van der Waals surface area (Å²) in [6, 6.07) is -0.0432. The number of thioether (sulfide) groups is 1. The van der Waals surface area contributed by atoms with E-state index in [4.69, 9.17) is 10.5 Å². The summed E-state index contributed by atoms with van der Waals surface area (Å²) in [5, 5.41) is 4.40. The van der Waals surface area contributed by atoms with Crippen molar-refractivity contribution < 1.29 is 4.74 Å². The molecule has 5 nitrogen and oxygen atoms in total. The second kappa shape index (κ2) is 8.54. The summed E-state index contributed by atoms with van der Waals surface area (Å²) in [5.41, 5.74) is 7.34. The molecule has 0 spiro atoms. The van der Waals surface area contributed by atoms with E-state index in [0.717, 1.165) is 36.0 Å². The first-order chi connectivity index (χ1) is 9.45. The molecule has 1 aromatic rings. The molecule has 1 rings (SSSR count). The van der Waals surface area contributed by atoms with Crippen LogP contribution in [-0.4, -0.2) is 53.9 Å². The van der Waals surface area contributed by atoms with Crippen LogP contribution in [0.1, 0.15) is 25.6 Å². The Kier molecular flexibility index (Phi) is 7.40. The van der Waals surface area contributed by atoms with E-state index in [1.165, 1.54) is 0 Å². The standard InChI is InChI=1S/C14H28N4OS/c1-11(2)9-20-10-12(15)14-13(19-5)8-16-18(14)7-6-17(3)4/h8,11-12H,6-7,9-10,15H2,1-5H3. The van der Waals surface area contributed by atoms with Gasteiger partial charge in [-0.25, -0.2) is 0 Å². The number of aromatic nitrogens is 2. The van der Waals surface area contributed by atoms with Gasteiger partial charge in [-0.3, -0.25) is 4.68 Å². The predicted molar refractivity (Wildman–Crippen MR) is 86.4 cm³/mol. The summed E-state index contributed by atoms with van der Waals surface area (Å²) in [5.74, 6) is 3.50. The molecule has 0 amide bonds. The number of nitrogens with two attached hydrogens (primary N) is 1. The van der Waals surface area contributed by atoms with Gasteiger partial charge in [0.05, 0.1) is 31.6 Å². The SMILES string of the molecule is COc1cnn(CCN(C)C)c1C(N)CSCC(C)C. The molecule has 6 heteroatoms. The van der Waals surface area contributed by atoms with E-state index < -0.39 is 0 Å². The molecule has 1 atom stereocenters. The van der Waals surface area contributed by atoms with Gasteiger partial charge in [-0.1, -0.05) is 13.8 Å². The van der Waals surface area contributed by atoms with Crippen LogP contribution in [-0.2, 0) is 6.54 Å². The molecule has 20 heavy (non-hydrogen) atoms. The molecule has 0 aliphatic carbocycles. The molecule has 0 saturated heterocycles. The third-order valence-corrected chi connectivity index (χ3v) is 4.42. The van der Waals surface area contributed by atoms with Gasteiger partial charge in [0.15, 0.2) is 5.75 Å². The molecule has 0 fully saturated rings. The summed E-state index contributed by atoms with van der Waals surface area (Å²) >= 11 is 1.89. The van der Waals surface area contributed by atoms with Gasteiger partial charge in [-0.05, 0) is 25.8 Å². The number of likely N-dealkylation sites (N-methyl/N-ethyl adjacent to an activating group) is 1. The molecular weight excluding hydrogens is 272 g/mol. The lowest BCUT2D eigenvalue weighted by Gasteiger charge is -2.17. The molecule has 0 aliphatic heterocycles. The Morgan fingerprint density at radius 1 is 1.40 bits per heavy atom. The fourth-order valence-electron chi connectivity index (χ4n) is 1.89. The van der Waals surface area contributed by atoms with Crippen molar-refractivity contribution in [3.8, 4) is 5.75 Å². The molecule has 0 bridgehead atoms. The summed E-state index contributed by atoms with van der Waals surface area (Å²) < 4.78 is 7.37. The fourth-order valence-corrected chi connectivity index (χ4v) is 2.91. The zero-order valence-electron chi connectivity index (χ0n) is 13.3. The van der Waals surface area contributed by atoms with Crippen molar-refractivity contribution in [3.63, 3.8) is 0 Å². The van der Waals surface area contributed by atoms with Crippen LogP contribution in [0.2, 0.25) is 0 Å². The number of methoxy groups -OCH3 is 1. The van der Waals surface area contributed by atoms with Crippen LogP contribution in [0.25, 0.3) is 0 Å². The average molecular weight is 300 g/mol. The lowest BCUT2D eigenvalue weighted by atomic mass is 10.2. The van der Waals surface area contributed by atoms with Gasteiger partial charge in [-0.15, -0.1) is 0 Å². The van der Waals surface area contributed by atoms with Crippen LogP contribution >= 0.6 is 11.8 Å². The van der Waals surface area contributed by atoms with Gasteiger partial charge < -0.3 is 15.4 Å². The van der Waals surface area contributed by atoms with Crippen LogP contribution in [0.15, 0.2) is 6.20 Å². The number of nitrogens with zero attached hydrogens (tertiary/aromatic N) is 3. The highest BCUT2D eigenvalue weighted by molar-refractivity contribution is 7.99. The zero-order valence-corrected chi connectivity index (χ0v) is 14.1. The average Bonchev–Trinajstić information content (AvgIpc) is 2.78. The maximum atomic E-state index is 6.33. The Balaban J connectivity index is 2.71. The maximum absolute atomic E-state index is 6.33. The van der Waals surface area contributed by atoms with E-state index >= 15 is 0 Å². The smallest absolute Gasteiger partial charge is 0.161 e. The molecule has 2 N–H and O–H groups in total. The molecular formula is C14H28N4OS. The molecule has 1 heterocycles. The van der Waals surface area contributed by atoms with E-state index in [0.29, 0.717) is 5.92 Å². The summed E-state index contributed by atoms with van der Waals surface area (Å²) in [6.07, 6.45) is 1.76. The molecule has 0 aliphatic rings. The number of hydrogen-bond donors (Lipinski definition) is 1. The van der Waals surface area contributed by atoms with Crippen LogP contribution in [0.4, 0.5) is 0 Å². The van der Waals surface area contributed by atoms with Gasteiger partial charge in [0.2, 0.25) is 0 Å². The third-order valence-electron chi connectivity index (χ3n) is 2.92.